The second-order valence-corrected chi connectivity index (χ2v) is 13.2. The van der Waals surface area contributed by atoms with Gasteiger partial charge in [-0.2, -0.15) is 0 Å². The molecule has 3 aromatic rings. The van der Waals surface area contributed by atoms with Crippen molar-refractivity contribution >= 4 is 17.3 Å². The number of thiocarbonyl (C=S) groups is 1. The third-order valence-corrected chi connectivity index (χ3v) is 10.9. The first kappa shape index (κ1) is 30.0. The van der Waals surface area contributed by atoms with Gasteiger partial charge < -0.3 is 19.7 Å². The average Bonchev–Trinajstić information content (AvgIpc) is 3.03. The maximum atomic E-state index is 6.14. The highest BCUT2D eigenvalue weighted by molar-refractivity contribution is 7.80. The van der Waals surface area contributed by atoms with Gasteiger partial charge in [-0.1, -0.05) is 55.8 Å². The predicted octanol–water partition coefficient (Wildman–Crippen LogP) is 7.33. The highest BCUT2D eigenvalue weighted by Crippen LogP contribution is 2.48. The number of nitrogens with one attached hydrogen (secondary N) is 1. The number of ether oxygens (including phenoxy) is 2. The molecule has 0 bridgehead atoms. The number of hydrogen-bond donors (Lipinski definition) is 1. The fourth-order valence-electron chi connectivity index (χ4n) is 7.90. The molecule has 0 aliphatic carbocycles. The molecule has 0 spiro atoms. The predicted molar refractivity (Wildman–Crippen MR) is 179 cm³/mol. The van der Waals surface area contributed by atoms with Crippen LogP contribution in [-0.2, 0) is 19.4 Å². The van der Waals surface area contributed by atoms with Crippen LogP contribution in [-0.4, -0.2) is 48.8 Å². The number of hydrogen-bond acceptors (Lipinski definition) is 4. The number of benzene rings is 3. The summed E-state index contributed by atoms with van der Waals surface area (Å²) in [5.41, 5.74) is 9.89. The molecule has 1 fully saturated rings. The lowest BCUT2D eigenvalue weighted by Crippen LogP contribution is -2.49. The fourth-order valence-corrected chi connectivity index (χ4v) is 8.19. The second kappa shape index (κ2) is 12.9. The minimum atomic E-state index is 0.188. The molecule has 1 N–H and O–H groups in total. The molecular weight excluding hydrogens is 550 g/mol. The normalized spacial score (nSPS) is 23.1. The van der Waals surface area contributed by atoms with E-state index in [4.69, 9.17) is 21.7 Å². The Kier molecular flexibility index (Phi) is 8.97. The van der Waals surface area contributed by atoms with Gasteiger partial charge in [0.1, 0.15) is 0 Å². The monoisotopic (exact) mass is 597 g/mol. The van der Waals surface area contributed by atoms with Crippen molar-refractivity contribution in [3.05, 3.63) is 93.5 Å². The first-order valence-electron chi connectivity index (χ1n) is 16.1. The van der Waals surface area contributed by atoms with Crippen LogP contribution in [0.5, 0.6) is 11.5 Å². The summed E-state index contributed by atoms with van der Waals surface area (Å²) in [5.74, 6) is 2.87. The molecule has 0 amide bonds. The maximum absolute atomic E-state index is 6.14. The van der Waals surface area contributed by atoms with Crippen LogP contribution in [0.1, 0.15) is 77.2 Å². The van der Waals surface area contributed by atoms with Crippen molar-refractivity contribution in [3.63, 3.8) is 0 Å². The number of nitrogens with zero attached hydrogens (tertiary/aromatic N) is 2. The number of rotatable bonds is 7. The first-order chi connectivity index (χ1) is 20.9. The summed E-state index contributed by atoms with van der Waals surface area (Å²) >= 11 is 6.14. The van der Waals surface area contributed by atoms with E-state index >= 15 is 0 Å². The van der Waals surface area contributed by atoms with Gasteiger partial charge in [0.25, 0.3) is 0 Å². The molecule has 4 unspecified atom stereocenters. The largest absolute Gasteiger partial charge is 0.493 e. The van der Waals surface area contributed by atoms with E-state index in [1.165, 1.54) is 60.2 Å². The zero-order chi connectivity index (χ0) is 30.1. The second-order valence-electron chi connectivity index (χ2n) is 12.8. The van der Waals surface area contributed by atoms with Crippen LogP contribution in [0.2, 0.25) is 0 Å². The van der Waals surface area contributed by atoms with E-state index in [-0.39, 0.29) is 6.04 Å². The van der Waals surface area contributed by atoms with Crippen molar-refractivity contribution in [2.24, 2.45) is 11.8 Å². The molecule has 1 saturated heterocycles. The molecule has 3 aliphatic heterocycles. The molecule has 43 heavy (non-hydrogen) atoms. The summed E-state index contributed by atoms with van der Waals surface area (Å²) in [6, 6.07) is 20.6. The lowest BCUT2D eigenvalue weighted by Gasteiger charge is -2.49. The quantitative estimate of drug-likeness (QED) is 0.288. The minimum absolute atomic E-state index is 0.188. The average molecular weight is 598 g/mol. The topological polar surface area (TPSA) is 37.0 Å². The van der Waals surface area contributed by atoms with Crippen molar-refractivity contribution in [1.82, 2.24) is 15.1 Å². The van der Waals surface area contributed by atoms with Gasteiger partial charge >= 0.3 is 0 Å². The molecular formula is C37H47N3O2S. The Morgan fingerprint density at radius 1 is 0.884 bits per heavy atom. The van der Waals surface area contributed by atoms with Crippen molar-refractivity contribution in [3.8, 4) is 11.5 Å². The Labute approximate surface area is 263 Å². The van der Waals surface area contributed by atoms with E-state index in [1.54, 1.807) is 25.3 Å². The van der Waals surface area contributed by atoms with Gasteiger partial charge in [0.15, 0.2) is 16.6 Å². The molecule has 3 aromatic carbocycles. The Balaban J connectivity index is 1.32. The van der Waals surface area contributed by atoms with Crippen LogP contribution in [0.3, 0.4) is 0 Å². The molecule has 228 valence electrons. The van der Waals surface area contributed by atoms with Crippen LogP contribution in [0.15, 0.2) is 54.6 Å². The molecule has 6 rings (SSSR count). The van der Waals surface area contributed by atoms with Gasteiger partial charge in [0.2, 0.25) is 0 Å². The summed E-state index contributed by atoms with van der Waals surface area (Å²) in [6.07, 6.45) is 5.59. The van der Waals surface area contributed by atoms with Crippen LogP contribution < -0.4 is 14.8 Å². The van der Waals surface area contributed by atoms with Gasteiger partial charge in [-0.15, -0.1) is 0 Å². The van der Waals surface area contributed by atoms with Gasteiger partial charge in [0, 0.05) is 32.2 Å². The molecule has 0 radical (unpaired) electrons. The molecule has 4 atom stereocenters. The zero-order valence-electron chi connectivity index (χ0n) is 26.5. The third-order valence-electron chi connectivity index (χ3n) is 10.5. The summed E-state index contributed by atoms with van der Waals surface area (Å²) in [5, 5.41) is 4.45. The van der Waals surface area contributed by atoms with Gasteiger partial charge in [0.05, 0.1) is 20.3 Å². The lowest BCUT2D eigenvalue weighted by atomic mass is 9.72. The van der Waals surface area contributed by atoms with Crippen LogP contribution in [0.4, 0.5) is 0 Å². The Hall–Kier alpha value is -3.09. The van der Waals surface area contributed by atoms with Crippen LogP contribution in [0, 0.1) is 25.7 Å². The van der Waals surface area contributed by atoms with E-state index < -0.39 is 0 Å². The first-order valence-corrected chi connectivity index (χ1v) is 16.5. The smallest absolute Gasteiger partial charge is 0.169 e. The SMILES string of the molecule is CCC1CN2CCc3cc(C)c(C)cc3C2CC1CC1c2cc(OC)c(OC)cc2CCN1C(=S)NCc1ccccc1. The Morgan fingerprint density at radius 3 is 2.33 bits per heavy atom. The van der Waals surface area contributed by atoms with Gasteiger partial charge in [-0.05, 0) is 115 Å². The highest BCUT2D eigenvalue weighted by atomic mass is 32.1. The van der Waals surface area contributed by atoms with E-state index in [2.05, 4.69) is 90.5 Å². The minimum Gasteiger partial charge on any atom is -0.493 e. The Bertz CT molecular complexity index is 1460. The van der Waals surface area contributed by atoms with E-state index in [1.807, 2.05) is 0 Å². The summed E-state index contributed by atoms with van der Waals surface area (Å²) < 4.78 is 11.5. The molecule has 6 heteroatoms. The number of piperidine rings is 1. The fraction of sp³-hybridized carbons (Fsp3) is 0.486. The molecule has 0 saturated carbocycles. The number of methoxy groups -OCH3 is 2. The van der Waals surface area contributed by atoms with E-state index in [9.17, 15) is 0 Å². The van der Waals surface area contributed by atoms with Crippen LogP contribution in [0.25, 0.3) is 0 Å². The van der Waals surface area contributed by atoms with E-state index in [0.717, 1.165) is 42.5 Å². The highest BCUT2D eigenvalue weighted by Gasteiger charge is 2.41. The van der Waals surface area contributed by atoms with Gasteiger partial charge in [-0.25, -0.2) is 0 Å². The zero-order valence-corrected chi connectivity index (χ0v) is 27.3. The summed E-state index contributed by atoms with van der Waals surface area (Å²) in [4.78, 5) is 5.25. The summed E-state index contributed by atoms with van der Waals surface area (Å²) in [6.45, 7) is 10.9. The van der Waals surface area contributed by atoms with E-state index in [0.29, 0.717) is 17.9 Å². The van der Waals surface area contributed by atoms with Crippen molar-refractivity contribution < 1.29 is 9.47 Å². The maximum Gasteiger partial charge on any atom is 0.169 e. The Morgan fingerprint density at radius 2 is 1.58 bits per heavy atom. The molecule has 3 heterocycles. The van der Waals surface area contributed by atoms with Crippen LogP contribution >= 0.6 is 12.2 Å². The van der Waals surface area contributed by atoms with Crippen molar-refractivity contribution in [2.75, 3.05) is 33.9 Å². The number of fused-ring (bicyclic) bond motifs is 4. The third kappa shape index (κ3) is 6.01. The molecule has 0 aromatic heterocycles. The summed E-state index contributed by atoms with van der Waals surface area (Å²) in [7, 11) is 3.46. The number of aryl methyl sites for hydroxylation is 2. The molecule has 3 aliphatic rings. The lowest BCUT2D eigenvalue weighted by molar-refractivity contribution is 0.0378. The van der Waals surface area contributed by atoms with Gasteiger partial charge in [-0.3, -0.25) is 4.90 Å². The van der Waals surface area contributed by atoms with Crippen molar-refractivity contribution in [2.45, 2.75) is 71.5 Å². The van der Waals surface area contributed by atoms with Crippen molar-refractivity contribution in [1.29, 1.82) is 0 Å². The standard InChI is InChI=1S/C37H47N3O2S/c1-6-27-23-39-14-12-28-16-24(2)25(3)17-31(28)33(39)18-30(27)19-34-32-21-36(42-5)35(41-4)20-29(32)13-15-40(34)37(43)38-22-26-10-8-7-9-11-26/h7-11,16-17,20-21,27,30,33-34H,6,12-15,18-19,22-23H2,1-5H3,(H,38,43). The molecule has 5 nitrogen and oxygen atoms in total.